The van der Waals surface area contributed by atoms with Gasteiger partial charge in [0.05, 0.1) is 0 Å². The average Bonchev–Trinajstić information content (AvgIpc) is 2.85. The molecule has 0 aliphatic carbocycles. The Morgan fingerprint density at radius 3 is 1.03 bits per heavy atom. The number of carbonyl (C=O) groups excluding carboxylic acids is 3. The Morgan fingerprint density at radius 2 is 0.750 bits per heavy atom. The molecule has 0 saturated carbocycles. The summed E-state index contributed by atoms with van der Waals surface area (Å²) in [5.74, 6) is 2.26. The van der Waals surface area contributed by atoms with Gasteiger partial charge in [-0.15, -0.1) is 0 Å². The van der Waals surface area contributed by atoms with Gasteiger partial charge in [-0.05, 0) is 97.1 Å². The molecule has 4 rings (SSSR count). The molecule has 156 valence electrons. The molecule has 0 saturated heterocycles. The number of ether oxygens (including phenoxy) is 2. The predicted octanol–water partition coefficient (Wildman–Crippen LogP) is 6.13. The molecule has 0 atom stereocenters. The first-order chi connectivity index (χ1) is 15.6. The zero-order valence-corrected chi connectivity index (χ0v) is 16.9. The van der Waals surface area contributed by atoms with Gasteiger partial charge in [0, 0.05) is 22.3 Å². The Balaban J connectivity index is 1.40. The van der Waals surface area contributed by atoms with Gasteiger partial charge in [-0.2, -0.15) is 0 Å². The summed E-state index contributed by atoms with van der Waals surface area (Å²) >= 11 is 0. The molecule has 0 heterocycles. The summed E-state index contributed by atoms with van der Waals surface area (Å²) in [6.07, 6.45) is 1.55. The van der Waals surface area contributed by atoms with Gasteiger partial charge in [0.15, 0.2) is 5.78 Å². The number of hydrogen-bond donors (Lipinski definition) is 0. The maximum Gasteiger partial charge on any atom is 0.193 e. The maximum absolute atomic E-state index is 12.8. The second-order valence-corrected chi connectivity index (χ2v) is 6.96. The van der Waals surface area contributed by atoms with Crippen molar-refractivity contribution in [2.45, 2.75) is 0 Å². The molecule has 32 heavy (non-hydrogen) atoms. The lowest BCUT2D eigenvalue weighted by molar-refractivity contribution is 0.103. The molecule has 0 N–H and O–H groups in total. The highest BCUT2D eigenvalue weighted by Gasteiger charge is 2.10. The number of aldehydes is 2. The van der Waals surface area contributed by atoms with Crippen LogP contribution in [0.15, 0.2) is 97.1 Å². The lowest BCUT2D eigenvalue weighted by atomic mass is 10.0. The fraction of sp³-hybridized carbons (Fsp3) is 0. The topological polar surface area (TPSA) is 69.7 Å². The lowest BCUT2D eigenvalue weighted by Crippen LogP contribution is -2.01. The molecule has 4 aromatic carbocycles. The summed E-state index contributed by atoms with van der Waals surface area (Å²) in [6, 6.07) is 27.3. The number of ketones is 1. The third kappa shape index (κ3) is 4.96. The van der Waals surface area contributed by atoms with Crippen molar-refractivity contribution in [1.82, 2.24) is 0 Å². The predicted molar refractivity (Wildman–Crippen MR) is 120 cm³/mol. The zero-order valence-electron chi connectivity index (χ0n) is 16.9. The van der Waals surface area contributed by atoms with E-state index in [4.69, 9.17) is 9.47 Å². The van der Waals surface area contributed by atoms with Gasteiger partial charge in [0.1, 0.15) is 35.6 Å². The van der Waals surface area contributed by atoms with E-state index >= 15 is 0 Å². The molecule has 0 aromatic heterocycles. The van der Waals surface area contributed by atoms with Crippen molar-refractivity contribution in [2.75, 3.05) is 0 Å². The van der Waals surface area contributed by atoms with Gasteiger partial charge in [0.2, 0.25) is 0 Å². The molecule has 0 aliphatic rings. The van der Waals surface area contributed by atoms with Crippen molar-refractivity contribution in [3.8, 4) is 23.0 Å². The molecular formula is C27H18O5. The summed E-state index contributed by atoms with van der Waals surface area (Å²) in [6.45, 7) is 0. The van der Waals surface area contributed by atoms with Crippen LogP contribution in [-0.4, -0.2) is 18.4 Å². The minimum absolute atomic E-state index is 0.117. The molecule has 0 aliphatic heterocycles. The normalized spacial score (nSPS) is 10.2. The summed E-state index contributed by atoms with van der Waals surface area (Å²) < 4.78 is 11.5. The summed E-state index contributed by atoms with van der Waals surface area (Å²) in [5.41, 5.74) is 2.22. The average molecular weight is 422 g/mol. The van der Waals surface area contributed by atoms with Crippen LogP contribution >= 0.6 is 0 Å². The highest BCUT2D eigenvalue weighted by molar-refractivity contribution is 6.09. The molecule has 0 radical (unpaired) electrons. The van der Waals surface area contributed by atoms with Crippen molar-refractivity contribution in [3.63, 3.8) is 0 Å². The quantitative estimate of drug-likeness (QED) is 0.252. The van der Waals surface area contributed by atoms with Crippen molar-refractivity contribution >= 4 is 18.4 Å². The number of benzene rings is 4. The van der Waals surface area contributed by atoms with E-state index in [9.17, 15) is 14.4 Å². The van der Waals surface area contributed by atoms with Crippen LogP contribution in [0.1, 0.15) is 36.6 Å². The molecule has 4 aromatic rings. The van der Waals surface area contributed by atoms with Crippen LogP contribution < -0.4 is 9.47 Å². The highest BCUT2D eigenvalue weighted by atomic mass is 16.5. The van der Waals surface area contributed by atoms with Crippen molar-refractivity contribution < 1.29 is 23.9 Å². The Labute approximate surface area is 184 Å². The van der Waals surface area contributed by atoms with Gasteiger partial charge >= 0.3 is 0 Å². The molecule has 5 nitrogen and oxygen atoms in total. The van der Waals surface area contributed by atoms with E-state index in [2.05, 4.69) is 0 Å². The SMILES string of the molecule is O=Cc1ccc(Oc2ccc(C(=O)c3ccc(Oc4ccc(C=O)cc4)cc3)cc2)cc1. The third-order valence-electron chi connectivity index (χ3n) is 4.74. The molecule has 5 heteroatoms. The largest absolute Gasteiger partial charge is 0.457 e. The van der Waals surface area contributed by atoms with Gasteiger partial charge in [0.25, 0.3) is 0 Å². The molecule has 0 amide bonds. The van der Waals surface area contributed by atoms with Crippen LogP contribution in [0.25, 0.3) is 0 Å². The Kier molecular flexibility index (Phi) is 6.18. The Morgan fingerprint density at radius 1 is 0.469 bits per heavy atom. The highest BCUT2D eigenvalue weighted by Crippen LogP contribution is 2.25. The molecule has 0 spiro atoms. The first kappa shape index (κ1) is 20.8. The summed E-state index contributed by atoms with van der Waals surface area (Å²) in [4.78, 5) is 34.2. The van der Waals surface area contributed by atoms with E-state index in [1.165, 1.54) is 0 Å². The third-order valence-corrected chi connectivity index (χ3v) is 4.74. The van der Waals surface area contributed by atoms with Crippen molar-refractivity contribution in [2.24, 2.45) is 0 Å². The van der Waals surface area contributed by atoms with Gasteiger partial charge in [-0.1, -0.05) is 0 Å². The lowest BCUT2D eigenvalue weighted by Gasteiger charge is -2.08. The first-order valence-corrected chi connectivity index (χ1v) is 9.85. The second-order valence-electron chi connectivity index (χ2n) is 6.96. The summed E-state index contributed by atoms with van der Waals surface area (Å²) in [5, 5.41) is 0. The molecule has 0 bridgehead atoms. The van der Waals surface area contributed by atoms with Crippen LogP contribution in [0.3, 0.4) is 0 Å². The van der Waals surface area contributed by atoms with E-state index in [1.807, 2.05) is 0 Å². The van der Waals surface area contributed by atoms with Gasteiger partial charge < -0.3 is 9.47 Å². The van der Waals surface area contributed by atoms with E-state index in [-0.39, 0.29) is 5.78 Å². The van der Waals surface area contributed by atoms with Crippen LogP contribution in [0.4, 0.5) is 0 Å². The van der Waals surface area contributed by atoms with Gasteiger partial charge in [-0.25, -0.2) is 0 Å². The van der Waals surface area contributed by atoms with Crippen LogP contribution in [0.5, 0.6) is 23.0 Å². The van der Waals surface area contributed by atoms with Crippen molar-refractivity contribution in [3.05, 3.63) is 119 Å². The summed E-state index contributed by atoms with van der Waals surface area (Å²) in [7, 11) is 0. The van der Waals surface area contributed by atoms with E-state index in [0.29, 0.717) is 45.3 Å². The number of carbonyl (C=O) groups is 3. The Bertz CT molecular complexity index is 1120. The monoisotopic (exact) mass is 422 g/mol. The maximum atomic E-state index is 12.8. The number of rotatable bonds is 8. The van der Waals surface area contributed by atoms with E-state index < -0.39 is 0 Å². The van der Waals surface area contributed by atoms with Crippen LogP contribution in [-0.2, 0) is 0 Å². The molecule has 0 fully saturated rings. The van der Waals surface area contributed by atoms with Gasteiger partial charge in [-0.3, -0.25) is 14.4 Å². The molecular weight excluding hydrogens is 404 g/mol. The van der Waals surface area contributed by atoms with E-state index in [1.54, 1.807) is 97.1 Å². The standard InChI is InChI=1S/C27H18O5/c28-17-19-1-9-23(10-2-19)31-25-13-5-21(6-14-25)27(30)22-7-15-26(16-8-22)32-24-11-3-20(18-29)4-12-24/h1-18H. The smallest absolute Gasteiger partial charge is 0.193 e. The van der Waals surface area contributed by atoms with Crippen LogP contribution in [0, 0.1) is 0 Å². The fourth-order valence-corrected chi connectivity index (χ4v) is 3.02. The Hall–Kier alpha value is -4.51. The van der Waals surface area contributed by atoms with Crippen LogP contribution in [0.2, 0.25) is 0 Å². The zero-order chi connectivity index (χ0) is 22.3. The molecule has 0 unspecified atom stereocenters. The van der Waals surface area contributed by atoms with E-state index in [0.717, 1.165) is 12.6 Å². The number of hydrogen-bond acceptors (Lipinski definition) is 5. The minimum Gasteiger partial charge on any atom is -0.457 e. The van der Waals surface area contributed by atoms with Crippen molar-refractivity contribution in [1.29, 1.82) is 0 Å². The fourth-order valence-electron chi connectivity index (χ4n) is 3.02. The minimum atomic E-state index is -0.117. The second kappa shape index (κ2) is 9.53. The first-order valence-electron chi connectivity index (χ1n) is 9.85.